The summed E-state index contributed by atoms with van der Waals surface area (Å²) in [5, 5.41) is 3.28. The van der Waals surface area contributed by atoms with Gasteiger partial charge >= 0.3 is 5.97 Å². The summed E-state index contributed by atoms with van der Waals surface area (Å²) in [6, 6.07) is 5.96. The fourth-order valence-corrected chi connectivity index (χ4v) is 2.22. The van der Waals surface area contributed by atoms with E-state index in [1.165, 1.54) is 12.7 Å². The number of ether oxygens (including phenoxy) is 3. The Hall–Kier alpha value is -1.11. The van der Waals surface area contributed by atoms with Crippen molar-refractivity contribution in [1.29, 1.82) is 0 Å². The van der Waals surface area contributed by atoms with E-state index in [2.05, 4.69) is 26.0 Å². The molecular weight excluding hydrogens is 338 g/mol. The Labute approximate surface area is 134 Å². The third-order valence-corrected chi connectivity index (χ3v) is 3.44. The molecule has 1 aromatic carbocycles. The first kappa shape index (κ1) is 17.9. The van der Waals surface area contributed by atoms with Crippen LogP contribution in [0.15, 0.2) is 22.7 Å². The number of esters is 1. The van der Waals surface area contributed by atoms with E-state index in [0.717, 1.165) is 23.3 Å². The van der Waals surface area contributed by atoms with E-state index in [9.17, 15) is 4.79 Å². The van der Waals surface area contributed by atoms with Crippen molar-refractivity contribution >= 4 is 21.9 Å². The molecule has 0 amide bonds. The van der Waals surface area contributed by atoms with Crippen LogP contribution in [-0.4, -0.2) is 39.9 Å². The Morgan fingerprint density at radius 2 is 2.10 bits per heavy atom. The number of methoxy groups -OCH3 is 2. The highest BCUT2D eigenvalue weighted by atomic mass is 79.9. The third kappa shape index (κ3) is 7.45. The minimum Gasteiger partial charge on any atom is -0.492 e. The van der Waals surface area contributed by atoms with Gasteiger partial charge in [0, 0.05) is 26.6 Å². The van der Waals surface area contributed by atoms with Crippen molar-refractivity contribution in [3.8, 4) is 5.75 Å². The van der Waals surface area contributed by atoms with Gasteiger partial charge in [0.15, 0.2) is 0 Å². The first-order valence-electron chi connectivity index (χ1n) is 6.85. The van der Waals surface area contributed by atoms with Crippen LogP contribution in [0.25, 0.3) is 0 Å². The average Bonchev–Trinajstić information content (AvgIpc) is 2.49. The largest absolute Gasteiger partial charge is 0.492 e. The van der Waals surface area contributed by atoms with Crippen molar-refractivity contribution in [3.63, 3.8) is 0 Å². The number of rotatable bonds is 10. The molecule has 0 bridgehead atoms. The van der Waals surface area contributed by atoms with Gasteiger partial charge in [-0.25, -0.2) is 0 Å². The Morgan fingerprint density at radius 3 is 2.76 bits per heavy atom. The van der Waals surface area contributed by atoms with E-state index in [1.54, 1.807) is 7.11 Å². The predicted octanol–water partition coefficient (Wildman–Crippen LogP) is 2.52. The number of carbonyl (C=O) groups is 1. The number of benzene rings is 1. The molecule has 6 heteroatoms. The second-order valence-electron chi connectivity index (χ2n) is 4.46. The Bertz CT molecular complexity index is 440. The monoisotopic (exact) mass is 359 g/mol. The maximum atomic E-state index is 11.0. The van der Waals surface area contributed by atoms with Gasteiger partial charge in [-0.05, 0) is 40.0 Å². The zero-order chi connectivity index (χ0) is 15.5. The molecule has 0 aliphatic heterocycles. The maximum absolute atomic E-state index is 11.0. The maximum Gasteiger partial charge on any atom is 0.305 e. The summed E-state index contributed by atoms with van der Waals surface area (Å²) >= 11 is 3.50. The molecule has 0 aliphatic rings. The minimum absolute atomic E-state index is 0.213. The molecule has 1 rings (SSSR count). The molecule has 21 heavy (non-hydrogen) atoms. The molecule has 0 atom stereocenters. The lowest BCUT2D eigenvalue weighted by molar-refractivity contribution is -0.140. The second-order valence-corrected chi connectivity index (χ2v) is 5.32. The van der Waals surface area contributed by atoms with Crippen LogP contribution in [0.5, 0.6) is 5.75 Å². The predicted molar refractivity (Wildman–Crippen MR) is 84.5 cm³/mol. The Morgan fingerprint density at radius 1 is 1.29 bits per heavy atom. The van der Waals surface area contributed by atoms with Crippen LogP contribution in [0.4, 0.5) is 0 Å². The number of halogens is 1. The Kier molecular flexibility index (Phi) is 9.05. The van der Waals surface area contributed by atoms with Crippen LogP contribution in [0.3, 0.4) is 0 Å². The van der Waals surface area contributed by atoms with Gasteiger partial charge in [-0.2, -0.15) is 0 Å². The van der Waals surface area contributed by atoms with E-state index in [-0.39, 0.29) is 5.97 Å². The summed E-state index contributed by atoms with van der Waals surface area (Å²) in [5.74, 6) is 0.565. The van der Waals surface area contributed by atoms with Gasteiger partial charge in [0.2, 0.25) is 0 Å². The molecule has 5 nitrogen and oxygen atoms in total. The molecule has 0 aromatic heterocycles. The van der Waals surface area contributed by atoms with Crippen molar-refractivity contribution in [3.05, 3.63) is 28.2 Å². The Balaban J connectivity index is 2.34. The van der Waals surface area contributed by atoms with E-state index in [1.807, 2.05) is 18.2 Å². The summed E-state index contributed by atoms with van der Waals surface area (Å²) < 4.78 is 16.1. The fraction of sp³-hybridized carbons (Fsp3) is 0.533. The smallest absolute Gasteiger partial charge is 0.305 e. The van der Waals surface area contributed by atoms with Gasteiger partial charge < -0.3 is 19.5 Å². The summed E-state index contributed by atoms with van der Waals surface area (Å²) in [7, 11) is 3.07. The normalized spacial score (nSPS) is 10.4. The summed E-state index contributed by atoms with van der Waals surface area (Å²) in [4.78, 5) is 11.0. The zero-order valence-corrected chi connectivity index (χ0v) is 14.1. The summed E-state index contributed by atoms with van der Waals surface area (Å²) in [6.07, 6.45) is 1.01. The van der Waals surface area contributed by atoms with Crippen LogP contribution in [-0.2, 0) is 20.8 Å². The molecule has 0 saturated carbocycles. The lowest BCUT2D eigenvalue weighted by Crippen LogP contribution is -2.18. The fourth-order valence-electron chi connectivity index (χ4n) is 1.68. The first-order chi connectivity index (χ1) is 10.2. The van der Waals surface area contributed by atoms with Gasteiger partial charge in [0.05, 0.1) is 24.8 Å². The molecular formula is C15H22BrNO4. The van der Waals surface area contributed by atoms with Crippen molar-refractivity contribution in [2.45, 2.75) is 19.4 Å². The third-order valence-electron chi connectivity index (χ3n) is 2.82. The molecule has 0 spiro atoms. The quantitative estimate of drug-likeness (QED) is 0.513. The van der Waals surface area contributed by atoms with E-state index >= 15 is 0 Å². The lowest BCUT2D eigenvalue weighted by atomic mass is 10.2. The topological polar surface area (TPSA) is 56.8 Å². The lowest BCUT2D eigenvalue weighted by Gasteiger charge is -2.10. The van der Waals surface area contributed by atoms with Crippen LogP contribution >= 0.6 is 15.9 Å². The molecule has 0 fully saturated rings. The van der Waals surface area contributed by atoms with Gasteiger partial charge in [0.1, 0.15) is 5.75 Å². The number of nitrogens with one attached hydrogen (secondary N) is 1. The highest BCUT2D eigenvalue weighted by molar-refractivity contribution is 9.10. The zero-order valence-electron chi connectivity index (χ0n) is 12.5. The van der Waals surface area contributed by atoms with Gasteiger partial charge in [-0.15, -0.1) is 0 Å². The standard InChI is InChI=1S/C15H22BrNO4/c1-19-9-7-17-11-12-5-6-14(13(16)10-12)21-8-3-4-15(18)20-2/h5-6,10,17H,3-4,7-9,11H2,1-2H3. The van der Waals surface area contributed by atoms with Crippen molar-refractivity contribution < 1.29 is 19.0 Å². The van der Waals surface area contributed by atoms with E-state index < -0.39 is 0 Å². The number of hydrogen-bond acceptors (Lipinski definition) is 5. The second kappa shape index (κ2) is 10.6. The van der Waals surface area contributed by atoms with Crippen LogP contribution < -0.4 is 10.1 Å². The van der Waals surface area contributed by atoms with Crippen molar-refractivity contribution in [1.82, 2.24) is 5.32 Å². The molecule has 118 valence electrons. The first-order valence-corrected chi connectivity index (χ1v) is 7.64. The minimum atomic E-state index is -0.213. The summed E-state index contributed by atoms with van der Waals surface area (Å²) in [6.45, 7) is 2.78. The van der Waals surface area contributed by atoms with E-state index in [0.29, 0.717) is 26.1 Å². The number of carbonyl (C=O) groups excluding carboxylic acids is 1. The average molecular weight is 360 g/mol. The van der Waals surface area contributed by atoms with Crippen molar-refractivity contribution in [2.75, 3.05) is 34.0 Å². The van der Waals surface area contributed by atoms with Crippen LogP contribution in [0.2, 0.25) is 0 Å². The molecule has 1 N–H and O–H groups in total. The highest BCUT2D eigenvalue weighted by Gasteiger charge is 2.04. The molecule has 0 radical (unpaired) electrons. The number of hydrogen-bond donors (Lipinski definition) is 1. The van der Waals surface area contributed by atoms with Gasteiger partial charge in [0.25, 0.3) is 0 Å². The SMILES string of the molecule is COCCNCc1ccc(OCCCC(=O)OC)c(Br)c1. The highest BCUT2D eigenvalue weighted by Crippen LogP contribution is 2.26. The van der Waals surface area contributed by atoms with E-state index in [4.69, 9.17) is 9.47 Å². The molecule has 0 heterocycles. The van der Waals surface area contributed by atoms with Crippen LogP contribution in [0.1, 0.15) is 18.4 Å². The molecule has 0 saturated heterocycles. The van der Waals surface area contributed by atoms with Gasteiger partial charge in [-0.3, -0.25) is 4.79 Å². The summed E-state index contributed by atoms with van der Waals surface area (Å²) in [5.41, 5.74) is 1.17. The van der Waals surface area contributed by atoms with Crippen LogP contribution in [0, 0.1) is 0 Å². The molecule has 0 aliphatic carbocycles. The molecule has 1 aromatic rings. The molecule has 0 unspecified atom stereocenters. The van der Waals surface area contributed by atoms with Crippen molar-refractivity contribution in [2.24, 2.45) is 0 Å². The van der Waals surface area contributed by atoms with Gasteiger partial charge in [-0.1, -0.05) is 6.07 Å².